The van der Waals surface area contributed by atoms with Gasteiger partial charge in [-0.3, -0.25) is 14.7 Å². The van der Waals surface area contributed by atoms with E-state index in [9.17, 15) is 4.79 Å². The lowest BCUT2D eigenvalue weighted by atomic mass is 9.96. The standard InChI is InChI=1S/C35H37N5O2/c41-35-31-15-18-37-32(23-36-22-28-16-19-40(20-17-28)24-29-9-5-2-6-10-29)34(31)38-33(39-35)25-42-30-13-11-27(12-14-30)21-26-7-3-1-4-8-26/h1-15,18,28,36H,16-17,19-25H2,(H,38,39,41). The number of nitrogens with zero attached hydrogens (tertiary/aromatic N) is 3. The molecule has 7 heteroatoms. The zero-order valence-corrected chi connectivity index (χ0v) is 23.8. The molecule has 0 unspecified atom stereocenters. The number of aromatic amines is 1. The van der Waals surface area contributed by atoms with E-state index < -0.39 is 0 Å². The predicted octanol–water partition coefficient (Wildman–Crippen LogP) is 5.49. The van der Waals surface area contributed by atoms with Gasteiger partial charge in [0.1, 0.15) is 23.7 Å². The number of fused-ring (bicyclic) bond motifs is 1. The van der Waals surface area contributed by atoms with Crippen LogP contribution in [0.1, 0.15) is 41.1 Å². The average Bonchev–Trinajstić information content (AvgIpc) is 3.03. The van der Waals surface area contributed by atoms with Gasteiger partial charge in [0.15, 0.2) is 0 Å². The molecule has 0 spiro atoms. The number of piperidine rings is 1. The van der Waals surface area contributed by atoms with E-state index in [1.807, 2.05) is 18.2 Å². The van der Waals surface area contributed by atoms with Crippen molar-refractivity contribution < 1.29 is 4.74 Å². The fraction of sp³-hybridized carbons (Fsp3) is 0.286. The third kappa shape index (κ3) is 7.29. The molecule has 214 valence electrons. The van der Waals surface area contributed by atoms with Crippen LogP contribution in [0.15, 0.2) is 102 Å². The van der Waals surface area contributed by atoms with Crippen molar-refractivity contribution in [3.63, 3.8) is 0 Å². The van der Waals surface area contributed by atoms with Gasteiger partial charge in [0, 0.05) is 19.3 Å². The number of ether oxygens (including phenoxy) is 1. The van der Waals surface area contributed by atoms with Gasteiger partial charge in [-0.05, 0) is 79.7 Å². The highest BCUT2D eigenvalue weighted by molar-refractivity contribution is 5.79. The molecule has 1 aliphatic heterocycles. The van der Waals surface area contributed by atoms with Crippen LogP contribution in [0.5, 0.6) is 5.75 Å². The summed E-state index contributed by atoms with van der Waals surface area (Å²) in [7, 11) is 0. The van der Waals surface area contributed by atoms with Gasteiger partial charge < -0.3 is 15.0 Å². The molecule has 0 bridgehead atoms. The minimum absolute atomic E-state index is 0.173. The second kappa shape index (κ2) is 13.6. The molecule has 5 aromatic rings. The molecule has 1 saturated heterocycles. The smallest absolute Gasteiger partial charge is 0.258 e. The topological polar surface area (TPSA) is 83.1 Å². The van der Waals surface area contributed by atoms with Gasteiger partial charge in [-0.1, -0.05) is 72.8 Å². The minimum Gasteiger partial charge on any atom is -0.486 e. The first kappa shape index (κ1) is 27.8. The molecule has 7 nitrogen and oxygen atoms in total. The first-order chi connectivity index (χ1) is 20.7. The van der Waals surface area contributed by atoms with Crippen molar-refractivity contribution in [1.82, 2.24) is 25.2 Å². The summed E-state index contributed by atoms with van der Waals surface area (Å²) in [6.07, 6.45) is 4.91. The van der Waals surface area contributed by atoms with Crippen molar-refractivity contribution in [2.24, 2.45) is 5.92 Å². The number of H-pyrrole nitrogens is 1. The summed E-state index contributed by atoms with van der Waals surface area (Å²) in [6.45, 7) is 4.92. The Morgan fingerprint density at radius 1 is 0.857 bits per heavy atom. The Morgan fingerprint density at radius 3 is 2.29 bits per heavy atom. The number of nitrogens with one attached hydrogen (secondary N) is 2. The van der Waals surface area contributed by atoms with Crippen molar-refractivity contribution in [3.8, 4) is 5.75 Å². The third-order valence-electron chi connectivity index (χ3n) is 7.98. The van der Waals surface area contributed by atoms with E-state index in [4.69, 9.17) is 9.72 Å². The number of pyridine rings is 1. The van der Waals surface area contributed by atoms with Crippen LogP contribution in [0.4, 0.5) is 0 Å². The van der Waals surface area contributed by atoms with E-state index in [1.165, 1.54) is 29.5 Å². The average molecular weight is 560 g/mol. The van der Waals surface area contributed by atoms with Crippen LogP contribution in [-0.2, 0) is 26.1 Å². The zero-order valence-electron chi connectivity index (χ0n) is 23.8. The maximum Gasteiger partial charge on any atom is 0.258 e. The van der Waals surface area contributed by atoms with Crippen molar-refractivity contribution >= 4 is 10.9 Å². The van der Waals surface area contributed by atoms with Crippen LogP contribution < -0.4 is 15.6 Å². The number of hydrogen-bond acceptors (Lipinski definition) is 6. The summed E-state index contributed by atoms with van der Waals surface area (Å²) >= 11 is 0. The minimum atomic E-state index is -0.175. The van der Waals surface area contributed by atoms with Gasteiger partial charge in [-0.2, -0.15) is 0 Å². The van der Waals surface area contributed by atoms with Crippen molar-refractivity contribution in [1.29, 1.82) is 0 Å². The van der Waals surface area contributed by atoms with E-state index >= 15 is 0 Å². The summed E-state index contributed by atoms with van der Waals surface area (Å²) in [5.41, 5.74) is 5.10. The zero-order chi connectivity index (χ0) is 28.6. The predicted molar refractivity (Wildman–Crippen MR) is 166 cm³/mol. The van der Waals surface area contributed by atoms with Gasteiger partial charge in [-0.25, -0.2) is 4.98 Å². The van der Waals surface area contributed by atoms with Gasteiger partial charge in [0.25, 0.3) is 5.56 Å². The Morgan fingerprint density at radius 2 is 1.55 bits per heavy atom. The molecular formula is C35H37N5O2. The van der Waals surface area contributed by atoms with Crippen LogP contribution >= 0.6 is 0 Å². The summed E-state index contributed by atoms with van der Waals surface area (Å²) in [5.74, 6) is 1.85. The maximum atomic E-state index is 12.9. The lowest BCUT2D eigenvalue weighted by Gasteiger charge is -2.32. The third-order valence-corrected chi connectivity index (χ3v) is 7.98. The second-order valence-electron chi connectivity index (χ2n) is 11.1. The molecule has 1 aliphatic rings. The first-order valence-corrected chi connectivity index (χ1v) is 14.8. The normalized spacial score (nSPS) is 14.3. The van der Waals surface area contributed by atoms with E-state index in [0.717, 1.165) is 44.0 Å². The van der Waals surface area contributed by atoms with Crippen LogP contribution in [0.2, 0.25) is 0 Å². The molecule has 0 aliphatic carbocycles. The molecular weight excluding hydrogens is 522 g/mol. The van der Waals surface area contributed by atoms with Crippen LogP contribution in [0, 0.1) is 5.92 Å². The number of rotatable bonds is 11. The molecule has 1 fully saturated rings. The Bertz CT molecular complexity index is 1630. The first-order valence-electron chi connectivity index (χ1n) is 14.8. The highest BCUT2D eigenvalue weighted by Crippen LogP contribution is 2.20. The Kier molecular flexibility index (Phi) is 8.98. The molecule has 2 aromatic heterocycles. The highest BCUT2D eigenvalue weighted by Gasteiger charge is 2.19. The summed E-state index contributed by atoms with van der Waals surface area (Å²) in [4.78, 5) is 27.6. The van der Waals surface area contributed by atoms with Gasteiger partial charge in [-0.15, -0.1) is 0 Å². The van der Waals surface area contributed by atoms with E-state index in [2.05, 4.69) is 86.9 Å². The van der Waals surface area contributed by atoms with E-state index in [1.54, 1.807) is 12.3 Å². The van der Waals surface area contributed by atoms with Gasteiger partial charge >= 0.3 is 0 Å². The van der Waals surface area contributed by atoms with E-state index in [-0.39, 0.29) is 12.2 Å². The van der Waals surface area contributed by atoms with Crippen LogP contribution in [0.3, 0.4) is 0 Å². The number of likely N-dealkylation sites (tertiary alicyclic amines) is 1. The molecule has 3 heterocycles. The Labute approximate surface area is 246 Å². The van der Waals surface area contributed by atoms with Gasteiger partial charge in [0.2, 0.25) is 0 Å². The Balaban J connectivity index is 1.02. The lowest BCUT2D eigenvalue weighted by Crippen LogP contribution is -2.36. The second-order valence-corrected chi connectivity index (χ2v) is 11.1. The molecule has 2 N–H and O–H groups in total. The van der Waals surface area contributed by atoms with Crippen LogP contribution in [-0.4, -0.2) is 39.5 Å². The quantitative estimate of drug-likeness (QED) is 0.223. The summed E-state index contributed by atoms with van der Waals surface area (Å²) < 4.78 is 5.97. The molecule has 6 rings (SSSR count). The molecule has 0 radical (unpaired) electrons. The molecule has 0 saturated carbocycles. The highest BCUT2D eigenvalue weighted by atomic mass is 16.5. The molecule has 42 heavy (non-hydrogen) atoms. The van der Waals surface area contributed by atoms with Crippen LogP contribution in [0.25, 0.3) is 10.9 Å². The SMILES string of the molecule is O=c1[nH]c(COc2ccc(Cc3ccccc3)cc2)nc2c(CNCC3CCN(Cc4ccccc4)CC3)nccc12. The summed E-state index contributed by atoms with van der Waals surface area (Å²) in [6, 6.07) is 30.9. The van der Waals surface area contributed by atoms with Gasteiger partial charge in [0.05, 0.1) is 11.1 Å². The number of aromatic nitrogens is 3. The number of hydrogen-bond donors (Lipinski definition) is 2. The van der Waals surface area contributed by atoms with Crippen molar-refractivity contribution in [2.75, 3.05) is 19.6 Å². The Hall–Kier alpha value is -4.33. The monoisotopic (exact) mass is 559 g/mol. The number of benzene rings is 3. The molecule has 0 amide bonds. The fourth-order valence-electron chi connectivity index (χ4n) is 5.64. The maximum absolute atomic E-state index is 12.9. The fourth-order valence-corrected chi connectivity index (χ4v) is 5.64. The van der Waals surface area contributed by atoms with Crippen molar-refractivity contribution in [3.05, 3.63) is 136 Å². The van der Waals surface area contributed by atoms with E-state index in [0.29, 0.717) is 29.2 Å². The lowest BCUT2D eigenvalue weighted by molar-refractivity contribution is 0.175. The molecule has 3 aromatic carbocycles. The summed E-state index contributed by atoms with van der Waals surface area (Å²) in [5, 5.41) is 4.13. The van der Waals surface area contributed by atoms with Crippen molar-refractivity contribution in [2.45, 2.75) is 39.0 Å². The largest absolute Gasteiger partial charge is 0.486 e. The molecule has 0 atom stereocenters.